The normalized spacial score (nSPS) is 18.9. The Bertz CT molecular complexity index is 452. The number of rotatable bonds is 5. The topological polar surface area (TPSA) is 15.3 Å². The molecular weight excluding hydrogens is 272 g/mol. The lowest BCUT2D eigenvalue weighted by atomic mass is 10.1. The Balaban J connectivity index is 2.10. The summed E-state index contributed by atoms with van der Waals surface area (Å²) in [4.78, 5) is 1.38. The molecule has 1 aliphatic heterocycles. The van der Waals surface area contributed by atoms with Crippen LogP contribution in [0.15, 0.2) is 6.07 Å². The van der Waals surface area contributed by atoms with E-state index >= 15 is 0 Å². The van der Waals surface area contributed by atoms with Gasteiger partial charge in [0.2, 0.25) is 0 Å². The van der Waals surface area contributed by atoms with E-state index in [1.807, 2.05) is 6.92 Å². The van der Waals surface area contributed by atoms with Crippen LogP contribution in [0.1, 0.15) is 19.8 Å². The van der Waals surface area contributed by atoms with Crippen LogP contribution in [-0.4, -0.2) is 26.2 Å². The molecule has 0 amide bonds. The number of hydrogen-bond donors (Lipinski definition) is 1. The molecule has 0 radical (unpaired) electrons. The average molecular weight is 290 g/mol. The van der Waals surface area contributed by atoms with Gasteiger partial charge in [-0.2, -0.15) is 0 Å². The molecule has 0 aliphatic carbocycles. The van der Waals surface area contributed by atoms with Gasteiger partial charge >= 0.3 is 0 Å². The monoisotopic (exact) mass is 290 g/mol. The van der Waals surface area contributed by atoms with Crippen LogP contribution in [0.3, 0.4) is 0 Å². The highest BCUT2D eigenvalue weighted by Gasteiger charge is 2.29. The first-order valence-corrected chi connectivity index (χ1v) is 6.83. The first-order chi connectivity index (χ1) is 9.54. The van der Waals surface area contributed by atoms with E-state index in [0.717, 1.165) is 25.9 Å². The third kappa shape index (κ3) is 3.06. The Hall–Kier alpha value is -1.30. The van der Waals surface area contributed by atoms with E-state index in [0.29, 0.717) is 13.1 Å². The number of anilines is 1. The van der Waals surface area contributed by atoms with Crippen LogP contribution in [0, 0.1) is 29.2 Å². The van der Waals surface area contributed by atoms with Crippen LogP contribution < -0.4 is 10.2 Å². The summed E-state index contributed by atoms with van der Waals surface area (Å²) in [7, 11) is 0. The average Bonchev–Trinajstić information content (AvgIpc) is 2.86. The third-order valence-corrected chi connectivity index (χ3v) is 3.55. The van der Waals surface area contributed by atoms with Gasteiger partial charge in [0.15, 0.2) is 23.3 Å². The molecule has 1 aromatic rings. The van der Waals surface area contributed by atoms with Crippen molar-refractivity contribution in [3.8, 4) is 0 Å². The molecule has 1 aliphatic rings. The maximum atomic E-state index is 13.7. The second-order valence-electron chi connectivity index (χ2n) is 5.12. The summed E-state index contributed by atoms with van der Waals surface area (Å²) in [6.45, 7) is 4.47. The molecule has 2 rings (SSSR count). The van der Waals surface area contributed by atoms with Crippen molar-refractivity contribution in [1.82, 2.24) is 5.32 Å². The largest absolute Gasteiger partial charge is 0.366 e. The molecule has 0 saturated carbocycles. The Kier molecular flexibility index (Phi) is 4.86. The van der Waals surface area contributed by atoms with Crippen LogP contribution in [0.4, 0.5) is 23.2 Å². The molecular formula is C14H18F4N2. The Morgan fingerprint density at radius 1 is 1.20 bits per heavy atom. The van der Waals surface area contributed by atoms with Crippen molar-refractivity contribution in [1.29, 1.82) is 0 Å². The Morgan fingerprint density at radius 2 is 1.85 bits per heavy atom. The summed E-state index contributed by atoms with van der Waals surface area (Å²) in [6, 6.07) is 0.241. The number of halogens is 4. The first kappa shape index (κ1) is 15.1. The summed E-state index contributed by atoms with van der Waals surface area (Å²) in [6.07, 6.45) is 1.75. The van der Waals surface area contributed by atoms with Gasteiger partial charge in [0, 0.05) is 19.2 Å². The lowest BCUT2D eigenvalue weighted by Crippen LogP contribution is -2.28. The predicted molar refractivity (Wildman–Crippen MR) is 69.8 cm³/mol. The molecule has 112 valence electrons. The van der Waals surface area contributed by atoms with Gasteiger partial charge < -0.3 is 10.2 Å². The van der Waals surface area contributed by atoms with E-state index in [4.69, 9.17) is 0 Å². The van der Waals surface area contributed by atoms with E-state index in [1.54, 1.807) is 0 Å². The zero-order valence-corrected chi connectivity index (χ0v) is 11.4. The minimum Gasteiger partial charge on any atom is -0.366 e. The van der Waals surface area contributed by atoms with Gasteiger partial charge in [0.05, 0.1) is 0 Å². The van der Waals surface area contributed by atoms with Gasteiger partial charge in [0.1, 0.15) is 5.69 Å². The molecule has 6 heteroatoms. The predicted octanol–water partition coefficient (Wildman–Crippen LogP) is 3.07. The minimum atomic E-state index is -1.36. The molecule has 1 unspecified atom stereocenters. The van der Waals surface area contributed by atoms with Gasteiger partial charge in [-0.25, -0.2) is 17.6 Å². The van der Waals surface area contributed by atoms with Crippen LogP contribution in [0.2, 0.25) is 0 Å². The summed E-state index contributed by atoms with van der Waals surface area (Å²) < 4.78 is 53.8. The number of hydrogen-bond acceptors (Lipinski definition) is 2. The molecule has 1 atom stereocenters. The maximum absolute atomic E-state index is 13.7. The molecule has 2 nitrogen and oxygen atoms in total. The molecule has 1 fully saturated rings. The fourth-order valence-electron chi connectivity index (χ4n) is 2.52. The van der Waals surface area contributed by atoms with Crippen molar-refractivity contribution >= 4 is 5.69 Å². The quantitative estimate of drug-likeness (QED) is 0.509. The molecule has 0 aromatic heterocycles. The lowest BCUT2D eigenvalue weighted by molar-refractivity contribution is 0.452. The molecule has 1 heterocycles. The smallest absolute Gasteiger partial charge is 0.185 e. The van der Waals surface area contributed by atoms with Gasteiger partial charge in [-0.3, -0.25) is 0 Å². The van der Waals surface area contributed by atoms with Crippen molar-refractivity contribution in [2.45, 2.75) is 19.8 Å². The standard InChI is InChI=1S/C14H18F4N2/c1-2-4-19-7-9-3-5-20(8-9)14-12(17)10(15)6-11(16)13(14)18/h6,9,19H,2-5,7-8H2,1H3. The molecule has 20 heavy (non-hydrogen) atoms. The number of nitrogens with zero attached hydrogens (tertiary/aromatic N) is 1. The Labute approximate surface area is 115 Å². The van der Waals surface area contributed by atoms with E-state index in [2.05, 4.69) is 5.32 Å². The molecule has 1 saturated heterocycles. The third-order valence-electron chi connectivity index (χ3n) is 3.55. The first-order valence-electron chi connectivity index (χ1n) is 6.83. The van der Waals surface area contributed by atoms with E-state index in [9.17, 15) is 17.6 Å². The van der Waals surface area contributed by atoms with Crippen LogP contribution in [0.25, 0.3) is 0 Å². The molecule has 1 aromatic carbocycles. The van der Waals surface area contributed by atoms with Crippen molar-refractivity contribution in [3.05, 3.63) is 29.3 Å². The van der Waals surface area contributed by atoms with Gasteiger partial charge in [-0.05, 0) is 31.8 Å². The highest BCUT2D eigenvalue weighted by molar-refractivity contribution is 5.51. The summed E-state index contributed by atoms with van der Waals surface area (Å²) >= 11 is 0. The minimum absolute atomic E-state index is 0.228. The zero-order valence-electron chi connectivity index (χ0n) is 11.4. The highest BCUT2D eigenvalue weighted by atomic mass is 19.2. The van der Waals surface area contributed by atoms with Crippen molar-refractivity contribution < 1.29 is 17.6 Å². The Morgan fingerprint density at radius 3 is 2.45 bits per heavy atom. The zero-order chi connectivity index (χ0) is 14.7. The lowest BCUT2D eigenvalue weighted by Gasteiger charge is -2.20. The second-order valence-corrected chi connectivity index (χ2v) is 5.12. The number of nitrogens with one attached hydrogen (secondary N) is 1. The fourth-order valence-corrected chi connectivity index (χ4v) is 2.52. The van der Waals surface area contributed by atoms with Gasteiger partial charge in [-0.1, -0.05) is 6.92 Å². The van der Waals surface area contributed by atoms with Gasteiger partial charge in [-0.15, -0.1) is 0 Å². The van der Waals surface area contributed by atoms with Crippen LogP contribution in [0.5, 0.6) is 0 Å². The highest BCUT2D eigenvalue weighted by Crippen LogP contribution is 2.31. The van der Waals surface area contributed by atoms with E-state index < -0.39 is 29.0 Å². The second kappa shape index (κ2) is 6.43. The number of benzene rings is 1. The maximum Gasteiger partial charge on any atom is 0.185 e. The molecule has 0 bridgehead atoms. The summed E-state index contributed by atoms with van der Waals surface area (Å²) in [5.41, 5.74) is -0.583. The van der Waals surface area contributed by atoms with Crippen molar-refractivity contribution in [2.24, 2.45) is 5.92 Å². The summed E-state index contributed by atoms with van der Waals surface area (Å²) in [5, 5.41) is 3.24. The van der Waals surface area contributed by atoms with E-state index in [-0.39, 0.29) is 12.0 Å². The molecule has 0 spiro atoms. The van der Waals surface area contributed by atoms with Crippen LogP contribution in [-0.2, 0) is 0 Å². The molecule has 1 N–H and O–H groups in total. The van der Waals surface area contributed by atoms with E-state index in [1.165, 1.54) is 4.90 Å². The van der Waals surface area contributed by atoms with Gasteiger partial charge in [0.25, 0.3) is 0 Å². The van der Waals surface area contributed by atoms with Crippen LogP contribution >= 0.6 is 0 Å². The summed E-state index contributed by atoms with van der Waals surface area (Å²) in [5.74, 6) is -5.11. The van der Waals surface area contributed by atoms with Crippen molar-refractivity contribution in [2.75, 3.05) is 31.1 Å². The van der Waals surface area contributed by atoms with Crippen molar-refractivity contribution in [3.63, 3.8) is 0 Å². The fraction of sp³-hybridized carbons (Fsp3) is 0.571. The SMILES string of the molecule is CCCNCC1CCN(c2c(F)c(F)cc(F)c2F)C1.